The van der Waals surface area contributed by atoms with E-state index in [2.05, 4.69) is 0 Å². The van der Waals surface area contributed by atoms with Gasteiger partial charge in [-0.1, -0.05) is 0 Å². The van der Waals surface area contributed by atoms with Gasteiger partial charge in [-0.2, -0.15) is 8.42 Å². The molecule has 1 rings (SSSR count). The number of hydrogen-bond donors (Lipinski definition) is 4. The summed E-state index contributed by atoms with van der Waals surface area (Å²) in [5.74, 6) is -2.47. The maximum absolute atomic E-state index is 12.4. The normalized spacial score (nSPS) is 16.2. The second-order valence-electron chi connectivity index (χ2n) is 6.86. The maximum atomic E-state index is 12.4. The molecule has 1 aromatic rings. The number of carboxylic acids is 1. The third kappa shape index (κ3) is 5.04. The fourth-order valence-corrected chi connectivity index (χ4v) is 4.08. The maximum Gasteiger partial charge on any atom is 0.366 e. The molecule has 150 valence electrons. The highest BCUT2D eigenvalue weighted by atomic mass is 32.2. The molecule has 4 N–H and O–H groups in total. The molecule has 0 amide bonds. The summed E-state index contributed by atoms with van der Waals surface area (Å²) < 4.78 is 36.4. The standard InChI is InChI=1S/C16H27NO8S/c1-17(2,8-5-9-18)16(15(20)21,7-4-11-26(22,23)24)13(12-19)14-6-3-10-25-14/h3,6,10,13,18-19H,4-5,7-9,11-12H2,1-2H3,(H-,20,21,22,23,24)/p+1. The number of rotatable bonds is 12. The molecule has 0 bridgehead atoms. The van der Waals surface area contributed by atoms with Crippen molar-refractivity contribution in [3.05, 3.63) is 24.2 Å². The molecule has 9 nitrogen and oxygen atoms in total. The highest BCUT2D eigenvalue weighted by Gasteiger charge is 2.59. The lowest BCUT2D eigenvalue weighted by Crippen LogP contribution is -2.68. The zero-order valence-corrected chi connectivity index (χ0v) is 15.9. The van der Waals surface area contributed by atoms with Crippen LogP contribution in [0.25, 0.3) is 0 Å². The molecule has 1 heterocycles. The van der Waals surface area contributed by atoms with Crippen LogP contribution >= 0.6 is 0 Å². The van der Waals surface area contributed by atoms with E-state index in [9.17, 15) is 23.4 Å². The van der Waals surface area contributed by atoms with Crippen molar-refractivity contribution in [2.75, 3.05) is 39.6 Å². The van der Waals surface area contributed by atoms with E-state index in [4.69, 9.17) is 14.1 Å². The van der Waals surface area contributed by atoms with E-state index < -0.39 is 39.9 Å². The van der Waals surface area contributed by atoms with Crippen LogP contribution in [0.4, 0.5) is 0 Å². The van der Waals surface area contributed by atoms with Crippen molar-refractivity contribution in [1.29, 1.82) is 0 Å². The van der Waals surface area contributed by atoms with Crippen molar-refractivity contribution in [1.82, 2.24) is 0 Å². The van der Waals surface area contributed by atoms with Crippen molar-refractivity contribution in [3.8, 4) is 0 Å². The average molecular weight is 394 g/mol. The van der Waals surface area contributed by atoms with Gasteiger partial charge in [0.2, 0.25) is 5.54 Å². The summed E-state index contributed by atoms with van der Waals surface area (Å²) in [4.78, 5) is 12.4. The van der Waals surface area contributed by atoms with Gasteiger partial charge >= 0.3 is 5.97 Å². The molecule has 0 aromatic carbocycles. The highest BCUT2D eigenvalue weighted by Crippen LogP contribution is 2.41. The zero-order valence-electron chi connectivity index (χ0n) is 15.0. The average Bonchev–Trinajstić information content (AvgIpc) is 3.04. The minimum absolute atomic E-state index is 0.108. The molecule has 2 atom stereocenters. The summed E-state index contributed by atoms with van der Waals surface area (Å²) in [6, 6.07) is 3.14. The zero-order chi connectivity index (χ0) is 20.0. The Balaban J connectivity index is 3.41. The first-order valence-corrected chi connectivity index (χ1v) is 9.89. The number of quaternary nitrogens is 1. The second-order valence-corrected chi connectivity index (χ2v) is 8.43. The molecule has 0 spiro atoms. The van der Waals surface area contributed by atoms with E-state index >= 15 is 0 Å². The quantitative estimate of drug-likeness (QED) is 0.293. The molecule has 1 aromatic heterocycles. The Labute approximate surface area is 153 Å². The minimum Gasteiger partial charge on any atom is -0.477 e. The lowest BCUT2D eigenvalue weighted by atomic mass is 9.76. The van der Waals surface area contributed by atoms with Gasteiger partial charge in [-0.05, 0) is 18.6 Å². The second kappa shape index (κ2) is 8.96. The van der Waals surface area contributed by atoms with Crippen LogP contribution in [0.2, 0.25) is 0 Å². The first kappa shape index (κ1) is 22.6. The number of likely N-dealkylation sites (N-methyl/N-ethyl adjacent to an activating group) is 1. The Bertz CT molecular complexity index is 670. The molecular weight excluding hydrogens is 366 g/mol. The van der Waals surface area contributed by atoms with Crippen molar-refractivity contribution >= 4 is 16.1 Å². The smallest absolute Gasteiger partial charge is 0.366 e. The van der Waals surface area contributed by atoms with Crippen molar-refractivity contribution in [2.24, 2.45) is 0 Å². The number of carboxylic acid groups (broad SMARTS) is 1. The number of aliphatic carboxylic acids is 1. The van der Waals surface area contributed by atoms with Gasteiger partial charge in [-0.15, -0.1) is 0 Å². The summed E-state index contributed by atoms with van der Waals surface area (Å²) in [5, 5.41) is 29.3. The van der Waals surface area contributed by atoms with E-state index in [0.717, 1.165) is 0 Å². The molecule has 0 aliphatic carbocycles. The molecule has 10 heteroatoms. The number of furan rings is 1. The summed E-state index contributed by atoms with van der Waals surface area (Å²) in [6.45, 7) is -0.370. The molecule has 0 saturated heterocycles. The van der Waals surface area contributed by atoms with E-state index in [1.807, 2.05) is 0 Å². The van der Waals surface area contributed by atoms with Crippen LogP contribution in [0.5, 0.6) is 0 Å². The van der Waals surface area contributed by atoms with E-state index in [-0.39, 0.29) is 36.2 Å². The number of carbonyl (C=O) groups is 1. The highest BCUT2D eigenvalue weighted by molar-refractivity contribution is 7.85. The van der Waals surface area contributed by atoms with Crippen LogP contribution in [-0.4, -0.2) is 83.9 Å². The monoisotopic (exact) mass is 394 g/mol. The first-order chi connectivity index (χ1) is 12.0. The van der Waals surface area contributed by atoms with Crippen LogP contribution in [0.1, 0.15) is 30.9 Å². The Hall–Kier alpha value is -1.46. The van der Waals surface area contributed by atoms with Crippen LogP contribution in [0.15, 0.2) is 22.8 Å². The molecular formula is C16H28NO8S+. The summed E-state index contributed by atoms with van der Waals surface area (Å²) in [6.07, 6.45) is 1.47. The summed E-state index contributed by atoms with van der Waals surface area (Å²) in [5.41, 5.74) is -1.62. The first-order valence-electron chi connectivity index (χ1n) is 8.28. The third-order valence-electron chi connectivity index (χ3n) is 4.93. The molecule has 0 saturated carbocycles. The van der Waals surface area contributed by atoms with Gasteiger partial charge in [-0.25, -0.2) is 4.79 Å². The third-order valence-corrected chi connectivity index (χ3v) is 5.74. The number of aliphatic hydroxyl groups excluding tert-OH is 2. The molecule has 0 aliphatic heterocycles. The molecule has 0 fully saturated rings. The van der Waals surface area contributed by atoms with E-state index in [0.29, 0.717) is 6.42 Å². The fraction of sp³-hybridized carbons (Fsp3) is 0.688. The minimum atomic E-state index is -4.25. The predicted molar refractivity (Wildman–Crippen MR) is 93.2 cm³/mol. The van der Waals surface area contributed by atoms with Gasteiger partial charge in [0, 0.05) is 19.4 Å². The van der Waals surface area contributed by atoms with Gasteiger partial charge < -0.3 is 24.2 Å². The number of nitrogens with zero attached hydrogens (tertiary/aromatic N) is 1. The topological polar surface area (TPSA) is 145 Å². The van der Waals surface area contributed by atoms with Crippen LogP contribution in [-0.2, 0) is 14.9 Å². The number of aliphatic hydroxyl groups is 2. The molecule has 26 heavy (non-hydrogen) atoms. The van der Waals surface area contributed by atoms with Crippen LogP contribution in [0.3, 0.4) is 0 Å². The SMILES string of the molecule is C[N+](C)(CCCO)C(CCCS(=O)(=O)O)(C(=O)O)C(CO)c1ccco1. The predicted octanol–water partition coefficient (Wildman–Crippen LogP) is 0.306. The fourth-order valence-electron chi connectivity index (χ4n) is 3.57. The van der Waals surface area contributed by atoms with Gasteiger partial charge in [0.05, 0.1) is 39.3 Å². The van der Waals surface area contributed by atoms with Gasteiger partial charge in [0.1, 0.15) is 11.7 Å². The van der Waals surface area contributed by atoms with E-state index in [1.165, 1.54) is 6.26 Å². The largest absolute Gasteiger partial charge is 0.477 e. The molecule has 0 aliphatic rings. The Morgan fingerprint density at radius 2 is 1.96 bits per heavy atom. The lowest BCUT2D eigenvalue weighted by molar-refractivity contribution is -0.935. The molecule has 2 unspecified atom stereocenters. The Morgan fingerprint density at radius 1 is 1.31 bits per heavy atom. The lowest BCUT2D eigenvalue weighted by Gasteiger charge is -2.49. The van der Waals surface area contributed by atoms with Gasteiger partial charge in [-0.3, -0.25) is 4.55 Å². The van der Waals surface area contributed by atoms with E-state index in [1.54, 1.807) is 26.2 Å². The van der Waals surface area contributed by atoms with Crippen LogP contribution in [0, 0.1) is 0 Å². The Morgan fingerprint density at radius 3 is 2.38 bits per heavy atom. The Kier molecular flexibility index (Phi) is 7.78. The summed E-state index contributed by atoms with van der Waals surface area (Å²) in [7, 11) is -0.936. The van der Waals surface area contributed by atoms with Crippen molar-refractivity contribution in [2.45, 2.75) is 30.7 Å². The van der Waals surface area contributed by atoms with Crippen molar-refractivity contribution in [3.63, 3.8) is 0 Å². The molecule has 0 radical (unpaired) electrons. The van der Waals surface area contributed by atoms with Crippen LogP contribution < -0.4 is 0 Å². The van der Waals surface area contributed by atoms with Crippen molar-refractivity contribution < 1.29 is 42.0 Å². The number of hydrogen-bond acceptors (Lipinski definition) is 6. The summed E-state index contributed by atoms with van der Waals surface area (Å²) >= 11 is 0. The van der Waals surface area contributed by atoms with Gasteiger partial charge in [0.15, 0.2) is 0 Å². The van der Waals surface area contributed by atoms with Gasteiger partial charge in [0.25, 0.3) is 10.1 Å².